The van der Waals surface area contributed by atoms with Gasteiger partial charge in [-0.05, 0) is 50.3 Å². The third-order valence-electron chi connectivity index (χ3n) is 4.69. The van der Waals surface area contributed by atoms with Crippen LogP contribution in [0.4, 0.5) is 0 Å². The Labute approximate surface area is 169 Å². The maximum absolute atomic E-state index is 11.6. The minimum Gasteiger partial charge on any atom is -0.442 e. The van der Waals surface area contributed by atoms with E-state index in [0.29, 0.717) is 5.90 Å². The molecule has 0 radical (unpaired) electrons. The van der Waals surface area contributed by atoms with Crippen molar-refractivity contribution in [3.63, 3.8) is 0 Å². The van der Waals surface area contributed by atoms with E-state index in [4.69, 9.17) is 4.74 Å². The van der Waals surface area contributed by atoms with Gasteiger partial charge < -0.3 is 9.64 Å². The second-order valence-electron chi connectivity index (χ2n) is 7.14. The van der Waals surface area contributed by atoms with Gasteiger partial charge in [0.15, 0.2) is 6.29 Å². The number of rotatable bonds is 7. The molecule has 0 N–H and O–H groups in total. The highest BCUT2D eigenvalue weighted by Gasteiger charge is 2.41. The van der Waals surface area contributed by atoms with Gasteiger partial charge in [0.1, 0.15) is 0 Å². The molecule has 7 heteroatoms. The summed E-state index contributed by atoms with van der Waals surface area (Å²) in [5.41, 5.74) is 2.17. The summed E-state index contributed by atoms with van der Waals surface area (Å²) in [7, 11) is 4.14. The van der Waals surface area contributed by atoms with Crippen LogP contribution in [-0.2, 0) is 16.1 Å². The SMILES string of the molecule is CN(C)Cc1ccc(SC2CCN2N2N=C(c3ccccc3)OC2C=O)cc1. The number of hydrogen-bond donors (Lipinski definition) is 0. The van der Waals surface area contributed by atoms with E-state index in [1.54, 1.807) is 16.9 Å². The van der Waals surface area contributed by atoms with E-state index in [1.807, 2.05) is 30.3 Å². The largest absolute Gasteiger partial charge is 0.442 e. The van der Waals surface area contributed by atoms with Crippen LogP contribution in [0.25, 0.3) is 0 Å². The Morgan fingerprint density at radius 2 is 1.93 bits per heavy atom. The van der Waals surface area contributed by atoms with Gasteiger partial charge in [0.2, 0.25) is 5.90 Å². The maximum Gasteiger partial charge on any atom is 0.259 e. The lowest BCUT2D eigenvalue weighted by Gasteiger charge is -2.44. The molecule has 1 fully saturated rings. The van der Waals surface area contributed by atoms with Crippen LogP contribution >= 0.6 is 11.8 Å². The average molecular weight is 397 g/mol. The number of benzene rings is 2. The zero-order valence-corrected chi connectivity index (χ0v) is 16.9. The fraction of sp³-hybridized carbons (Fsp3) is 0.333. The van der Waals surface area contributed by atoms with Crippen molar-refractivity contribution in [3.8, 4) is 0 Å². The molecule has 6 nitrogen and oxygen atoms in total. The first-order valence-electron chi connectivity index (χ1n) is 9.36. The van der Waals surface area contributed by atoms with Crippen molar-refractivity contribution in [1.82, 2.24) is 15.0 Å². The topological polar surface area (TPSA) is 48.4 Å². The van der Waals surface area contributed by atoms with Gasteiger partial charge in [-0.25, -0.2) is 0 Å². The minimum atomic E-state index is -0.707. The number of hydrogen-bond acceptors (Lipinski definition) is 7. The molecule has 0 aliphatic carbocycles. The molecule has 2 atom stereocenters. The molecule has 2 aromatic rings. The van der Waals surface area contributed by atoms with Crippen LogP contribution in [0.1, 0.15) is 17.5 Å². The molecule has 0 saturated carbocycles. The van der Waals surface area contributed by atoms with Gasteiger partial charge in [0, 0.05) is 23.5 Å². The molecule has 2 aliphatic rings. The van der Waals surface area contributed by atoms with E-state index < -0.39 is 6.23 Å². The Kier molecular flexibility index (Phi) is 5.66. The van der Waals surface area contributed by atoms with Crippen molar-refractivity contribution in [2.24, 2.45) is 5.10 Å². The lowest BCUT2D eigenvalue weighted by Crippen LogP contribution is -2.56. The van der Waals surface area contributed by atoms with Crippen molar-refractivity contribution >= 4 is 23.9 Å². The first-order valence-corrected chi connectivity index (χ1v) is 10.2. The van der Waals surface area contributed by atoms with E-state index in [0.717, 1.165) is 31.4 Å². The molecule has 2 aliphatic heterocycles. The molecule has 146 valence electrons. The standard InChI is InChI=1S/C21H24N4O2S/c1-23(2)14-16-8-10-18(11-9-16)28-20-12-13-24(20)25-19(15-26)27-21(22-25)17-6-4-3-5-7-17/h3-11,15,19-20H,12-14H2,1-2H3. The fourth-order valence-corrected chi connectivity index (χ4v) is 4.38. The van der Waals surface area contributed by atoms with Gasteiger partial charge in [-0.3, -0.25) is 4.79 Å². The second kappa shape index (κ2) is 8.34. The van der Waals surface area contributed by atoms with Gasteiger partial charge in [-0.1, -0.05) is 30.3 Å². The predicted molar refractivity (Wildman–Crippen MR) is 111 cm³/mol. The van der Waals surface area contributed by atoms with Crippen LogP contribution in [0.15, 0.2) is 64.6 Å². The van der Waals surface area contributed by atoms with Gasteiger partial charge in [0.05, 0.1) is 5.37 Å². The summed E-state index contributed by atoms with van der Waals surface area (Å²) in [5, 5.41) is 8.61. The monoisotopic (exact) mass is 396 g/mol. The zero-order chi connectivity index (χ0) is 19.5. The number of hydrazone groups is 1. The number of ether oxygens (including phenoxy) is 1. The molecule has 2 unspecified atom stereocenters. The number of thioether (sulfide) groups is 1. The normalized spacial score (nSPS) is 22.0. The number of hydrazine groups is 1. The number of aldehydes is 1. The lowest BCUT2D eigenvalue weighted by molar-refractivity contribution is -0.158. The van der Waals surface area contributed by atoms with Crippen molar-refractivity contribution in [1.29, 1.82) is 0 Å². The zero-order valence-electron chi connectivity index (χ0n) is 16.1. The highest BCUT2D eigenvalue weighted by atomic mass is 32.2. The summed E-state index contributed by atoms with van der Waals surface area (Å²) in [6.45, 7) is 1.79. The van der Waals surface area contributed by atoms with Gasteiger partial charge in [-0.15, -0.1) is 16.9 Å². The summed E-state index contributed by atoms with van der Waals surface area (Å²) in [5.74, 6) is 0.487. The maximum atomic E-state index is 11.6. The average Bonchev–Trinajstić information content (AvgIpc) is 3.10. The Balaban J connectivity index is 1.44. The van der Waals surface area contributed by atoms with Crippen molar-refractivity contribution in [3.05, 3.63) is 65.7 Å². The predicted octanol–water partition coefficient (Wildman–Crippen LogP) is 3.01. The molecular weight excluding hydrogens is 372 g/mol. The van der Waals surface area contributed by atoms with Crippen molar-refractivity contribution < 1.29 is 9.53 Å². The van der Waals surface area contributed by atoms with E-state index in [9.17, 15) is 4.79 Å². The molecule has 0 amide bonds. The van der Waals surface area contributed by atoms with Crippen LogP contribution in [0.2, 0.25) is 0 Å². The van der Waals surface area contributed by atoms with Gasteiger partial charge in [0.25, 0.3) is 6.23 Å². The number of carbonyl (C=O) groups is 1. The van der Waals surface area contributed by atoms with E-state index >= 15 is 0 Å². The van der Waals surface area contributed by atoms with Crippen LogP contribution in [0.5, 0.6) is 0 Å². The van der Waals surface area contributed by atoms with E-state index in [-0.39, 0.29) is 5.37 Å². The Hall–Kier alpha value is -2.35. The molecule has 28 heavy (non-hydrogen) atoms. The highest BCUT2D eigenvalue weighted by Crippen LogP contribution is 2.37. The van der Waals surface area contributed by atoms with E-state index in [1.165, 1.54) is 10.5 Å². The van der Waals surface area contributed by atoms with Crippen LogP contribution in [0.3, 0.4) is 0 Å². The first-order chi connectivity index (χ1) is 13.6. The smallest absolute Gasteiger partial charge is 0.259 e. The minimum absolute atomic E-state index is 0.240. The molecule has 0 spiro atoms. The van der Waals surface area contributed by atoms with Gasteiger partial charge >= 0.3 is 0 Å². The van der Waals surface area contributed by atoms with E-state index in [2.05, 4.69) is 53.4 Å². The molecular formula is C21H24N4O2S. The lowest BCUT2D eigenvalue weighted by atomic mass is 10.2. The van der Waals surface area contributed by atoms with Crippen LogP contribution < -0.4 is 0 Å². The summed E-state index contributed by atoms with van der Waals surface area (Å²) in [6.07, 6.45) is 1.14. The fourth-order valence-electron chi connectivity index (χ4n) is 3.23. The van der Waals surface area contributed by atoms with Crippen LogP contribution in [0, 0.1) is 0 Å². The Morgan fingerprint density at radius 1 is 1.18 bits per heavy atom. The molecule has 1 saturated heterocycles. The Morgan fingerprint density at radius 3 is 2.54 bits per heavy atom. The summed E-state index contributed by atoms with van der Waals surface area (Å²) in [4.78, 5) is 14.9. The second-order valence-corrected chi connectivity index (χ2v) is 8.39. The first kappa shape index (κ1) is 19.0. The van der Waals surface area contributed by atoms with Crippen molar-refractivity contribution in [2.45, 2.75) is 29.5 Å². The molecule has 2 heterocycles. The molecule has 4 rings (SSSR count). The third-order valence-corrected chi connectivity index (χ3v) is 5.98. The summed E-state index contributed by atoms with van der Waals surface area (Å²) in [6, 6.07) is 18.3. The summed E-state index contributed by atoms with van der Waals surface area (Å²) >= 11 is 1.79. The quantitative estimate of drug-likeness (QED) is 0.671. The summed E-state index contributed by atoms with van der Waals surface area (Å²) < 4.78 is 5.77. The number of nitrogens with zero attached hydrogens (tertiary/aromatic N) is 4. The number of carbonyl (C=O) groups excluding carboxylic acids is 1. The molecule has 0 bridgehead atoms. The van der Waals surface area contributed by atoms with Crippen molar-refractivity contribution in [2.75, 3.05) is 20.6 Å². The van der Waals surface area contributed by atoms with Crippen LogP contribution in [-0.4, -0.2) is 59.5 Å². The Bertz CT molecular complexity index is 841. The molecule has 2 aromatic carbocycles. The molecule has 0 aromatic heterocycles. The third kappa shape index (κ3) is 4.06. The highest BCUT2D eigenvalue weighted by molar-refractivity contribution is 8.00. The van der Waals surface area contributed by atoms with Gasteiger partial charge in [-0.2, -0.15) is 10.1 Å².